The molecule has 0 aliphatic heterocycles. The number of hydrogen-bond acceptors (Lipinski definition) is 12. The lowest BCUT2D eigenvalue weighted by molar-refractivity contribution is 1.29. The summed E-state index contributed by atoms with van der Waals surface area (Å²) in [6.07, 6.45) is 0. The molecule has 0 aliphatic carbocycles. The van der Waals surface area contributed by atoms with Gasteiger partial charge in [0.25, 0.3) is 0 Å². The second-order valence-electron chi connectivity index (χ2n) is 37.7. The molecule has 0 saturated carbocycles. The number of para-hydroxylation sites is 9. The van der Waals surface area contributed by atoms with Crippen LogP contribution >= 0.6 is 68.0 Å². The Morgan fingerprint density at radius 1 is 0.0933 bits per heavy atom. The van der Waals surface area contributed by atoms with Crippen LogP contribution in [0, 0.1) is 0 Å². The Kier molecular flexibility index (Phi) is 23.1. The van der Waals surface area contributed by atoms with Gasteiger partial charge in [-0.1, -0.05) is 297 Å². The molecule has 0 atom stereocenters. The molecule has 6 aromatic heterocycles. The van der Waals surface area contributed by atoms with Crippen LogP contribution in [-0.2, 0) is 0 Å². The number of benzene rings is 24. The molecule has 150 heavy (non-hydrogen) atoms. The molecule has 30 aromatic rings. The average Bonchev–Trinajstić information content (AvgIpc) is 1.58. The highest BCUT2D eigenvalue weighted by Crippen LogP contribution is 2.55. The maximum Gasteiger partial charge on any atom is 0.0547 e. The van der Waals surface area contributed by atoms with Crippen molar-refractivity contribution >= 4 is 324 Å². The van der Waals surface area contributed by atoms with Gasteiger partial charge in [0.15, 0.2) is 0 Å². The van der Waals surface area contributed by atoms with E-state index in [1.54, 1.807) is 0 Å². The van der Waals surface area contributed by atoms with Crippen molar-refractivity contribution in [2.24, 2.45) is 0 Å². The summed E-state index contributed by atoms with van der Waals surface area (Å²) < 4.78 is 15.7. The standard InChI is InChI=1S/3C46H30N2S2/c1-4-14-31(15-5-1)47(32-16-6-2-7-17-32)34-24-27-45-40(28-34)41-30-42(36-20-10-11-22-38(36)46(41)50-45)48(33-18-8-3-9-19-33)35-25-26-44-39(29-35)37-21-12-13-23-43(37)49-44;1-4-14-31(15-5-1)47(34-25-27-44-40(28-34)37-21-12-13-23-43(37)49-44)35-24-26-38-41-30-42(36-20-10-11-22-39(36)46(41)50-45(38)29-35)48(32-16-6-2-7-17-32)33-18-8-3-9-19-33;1-4-14-31(15-5-1)47(34-24-26-44-39(28-34)37-21-12-13-23-43(37)49-44)35-25-27-45-40(29-35)41-30-42(36-20-10-11-22-38(36)46(41)50-45)48(32-16-6-2-7-17-32)33-18-8-3-9-19-33/h3*1-30H. The number of fused-ring (bicyclic) bond motifs is 24. The van der Waals surface area contributed by atoms with E-state index in [4.69, 9.17) is 0 Å². The predicted octanol–water partition coefficient (Wildman–Crippen LogP) is 43.5. The van der Waals surface area contributed by atoms with E-state index in [1.165, 1.54) is 170 Å². The minimum Gasteiger partial charge on any atom is -0.310 e. The maximum absolute atomic E-state index is 2.45. The van der Waals surface area contributed by atoms with Gasteiger partial charge in [-0.15, -0.1) is 68.0 Å². The van der Waals surface area contributed by atoms with Crippen LogP contribution in [0.5, 0.6) is 0 Å². The molecule has 0 radical (unpaired) electrons. The predicted molar refractivity (Wildman–Crippen MR) is 657 cm³/mol. The lowest BCUT2D eigenvalue weighted by Crippen LogP contribution is -2.10. The molecule has 0 spiro atoms. The average molecular weight is 2020 g/mol. The van der Waals surface area contributed by atoms with Crippen LogP contribution in [0.3, 0.4) is 0 Å². The van der Waals surface area contributed by atoms with Gasteiger partial charge in [0.2, 0.25) is 0 Å². The molecule has 0 N–H and O–H groups in total. The van der Waals surface area contributed by atoms with Crippen molar-refractivity contribution in [1.29, 1.82) is 0 Å². The highest BCUT2D eigenvalue weighted by atomic mass is 32.1. The third-order valence-electron chi connectivity index (χ3n) is 28.8. The zero-order valence-corrected chi connectivity index (χ0v) is 86.0. The molecule has 6 nitrogen and oxygen atoms in total. The largest absolute Gasteiger partial charge is 0.310 e. The van der Waals surface area contributed by atoms with Gasteiger partial charge >= 0.3 is 0 Å². The highest BCUT2D eigenvalue weighted by Gasteiger charge is 2.28. The Labute approximate surface area is 891 Å². The van der Waals surface area contributed by atoms with Crippen molar-refractivity contribution in [2.45, 2.75) is 0 Å². The molecule has 24 aromatic carbocycles. The fraction of sp³-hybridized carbons (Fsp3) is 0. The van der Waals surface area contributed by atoms with E-state index in [0.29, 0.717) is 0 Å². The minimum atomic E-state index is 1.13. The maximum atomic E-state index is 2.45. The number of thiophene rings is 6. The third-order valence-corrected chi connectivity index (χ3v) is 35.9. The quantitative estimate of drug-likeness (QED) is 0.0847. The minimum absolute atomic E-state index is 1.13. The van der Waals surface area contributed by atoms with Gasteiger partial charge < -0.3 is 29.4 Å². The van der Waals surface area contributed by atoms with Crippen molar-refractivity contribution in [3.63, 3.8) is 0 Å². The molecule has 12 heteroatoms. The van der Waals surface area contributed by atoms with Gasteiger partial charge in [0.05, 0.1) is 17.1 Å². The van der Waals surface area contributed by atoms with Crippen molar-refractivity contribution < 1.29 is 0 Å². The molecule has 6 heterocycles. The van der Waals surface area contributed by atoms with E-state index in [0.717, 1.165) is 85.3 Å². The van der Waals surface area contributed by atoms with Gasteiger partial charge in [-0.05, 0) is 249 Å². The first-order chi connectivity index (χ1) is 74.4. The molecular formula is C138H90N6S6. The summed E-state index contributed by atoms with van der Waals surface area (Å²) in [6, 6.07) is 198. The molecular weight excluding hydrogens is 1930 g/mol. The summed E-state index contributed by atoms with van der Waals surface area (Å²) in [6.45, 7) is 0. The van der Waals surface area contributed by atoms with E-state index in [9.17, 15) is 0 Å². The lowest BCUT2D eigenvalue weighted by atomic mass is 10.0. The fourth-order valence-corrected chi connectivity index (χ4v) is 29.0. The zero-order chi connectivity index (χ0) is 99.1. The van der Waals surface area contributed by atoms with Crippen LogP contribution in [0.25, 0.3) is 153 Å². The van der Waals surface area contributed by atoms with Crippen LogP contribution in [-0.4, -0.2) is 0 Å². The Morgan fingerprint density at radius 2 is 0.267 bits per heavy atom. The first-order valence-corrected chi connectivity index (χ1v) is 55.4. The Morgan fingerprint density at radius 3 is 0.547 bits per heavy atom. The summed E-state index contributed by atoms with van der Waals surface area (Å²) in [5.41, 5.74) is 20.6. The van der Waals surface area contributed by atoms with Gasteiger partial charge in [0, 0.05) is 239 Å². The second kappa shape index (κ2) is 38.5. The van der Waals surface area contributed by atoms with E-state index in [2.05, 4.69) is 575 Å². The number of hydrogen-bond donors (Lipinski definition) is 0. The zero-order valence-electron chi connectivity index (χ0n) is 81.1. The van der Waals surface area contributed by atoms with Gasteiger partial charge in [-0.2, -0.15) is 0 Å². The molecule has 0 fully saturated rings. The van der Waals surface area contributed by atoms with Crippen molar-refractivity contribution in [2.75, 3.05) is 29.4 Å². The van der Waals surface area contributed by atoms with Crippen molar-refractivity contribution in [3.05, 3.63) is 546 Å². The Balaban J connectivity index is 0.000000108. The van der Waals surface area contributed by atoms with Crippen LogP contribution in [0.2, 0.25) is 0 Å². The summed E-state index contributed by atoms with van der Waals surface area (Å²) in [5, 5.41) is 23.0. The first-order valence-electron chi connectivity index (χ1n) is 50.5. The van der Waals surface area contributed by atoms with Crippen LogP contribution in [0.4, 0.5) is 102 Å². The van der Waals surface area contributed by atoms with Gasteiger partial charge in [0.1, 0.15) is 0 Å². The van der Waals surface area contributed by atoms with E-state index in [-0.39, 0.29) is 0 Å². The Bertz CT molecular complexity index is 10200. The third kappa shape index (κ3) is 16.2. The van der Waals surface area contributed by atoms with Crippen molar-refractivity contribution in [3.8, 4) is 0 Å². The van der Waals surface area contributed by atoms with Crippen LogP contribution < -0.4 is 29.4 Å². The molecule has 0 aliphatic rings. The summed E-state index contributed by atoms with van der Waals surface area (Å²) in [5.74, 6) is 0. The smallest absolute Gasteiger partial charge is 0.0547 e. The molecule has 708 valence electrons. The van der Waals surface area contributed by atoms with E-state index >= 15 is 0 Å². The summed E-state index contributed by atoms with van der Waals surface area (Å²) in [4.78, 5) is 14.4. The van der Waals surface area contributed by atoms with E-state index < -0.39 is 0 Å². The normalized spacial score (nSPS) is 11.6. The van der Waals surface area contributed by atoms with Crippen molar-refractivity contribution in [1.82, 2.24) is 0 Å². The summed E-state index contributed by atoms with van der Waals surface area (Å²) >= 11 is 11.2. The molecule has 0 bridgehead atoms. The van der Waals surface area contributed by atoms with Gasteiger partial charge in [-0.25, -0.2) is 0 Å². The SMILES string of the molecule is c1ccc(N(c2ccc3c(c2)sc2c4ccccc4c(N(c4ccccc4)c4ccccc4)cc32)c2ccc3sc4ccccc4c3c2)cc1.c1ccc(N(c2ccc3sc4ccccc4c3c2)c2ccc3sc4c5ccccc5c(N(c5ccccc5)c5ccccc5)cc4c3c2)cc1.c1ccc(N(c2ccccc2)c2ccc3sc4c5ccccc5c(N(c5ccccc5)c5ccc6sc7ccccc7c6c5)cc4c3c2)cc1. The number of nitrogens with zero attached hydrogens (tertiary/aromatic N) is 6. The number of rotatable bonds is 18. The van der Waals surface area contributed by atoms with Crippen LogP contribution in [0.1, 0.15) is 0 Å². The molecule has 0 unspecified atom stereocenters. The van der Waals surface area contributed by atoms with Gasteiger partial charge in [-0.3, -0.25) is 0 Å². The first kappa shape index (κ1) is 89.8. The summed E-state index contributed by atoms with van der Waals surface area (Å²) in [7, 11) is 0. The fourth-order valence-electron chi connectivity index (χ4n) is 22.1. The molecule has 0 amide bonds. The second-order valence-corrected chi connectivity index (χ2v) is 44.1. The topological polar surface area (TPSA) is 19.4 Å². The van der Waals surface area contributed by atoms with E-state index in [1.807, 2.05) is 68.0 Å². The highest BCUT2D eigenvalue weighted by molar-refractivity contribution is 7.28. The van der Waals surface area contributed by atoms with Crippen LogP contribution in [0.15, 0.2) is 546 Å². The lowest BCUT2D eigenvalue weighted by Gasteiger charge is -2.27. The number of anilines is 18. The Hall–Kier alpha value is -17.8. The molecule has 0 saturated heterocycles. The monoisotopic (exact) mass is 2020 g/mol. The molecule has 30 rings (SSSR count).